The quantitative estimate of drug-likeness (QED) is 0.805. The second kappa shape index (κ2) is 5.74. The van der Waals surface area contributed by atoms with Gasteiger partial charge >= 0.3 is 0 Å². The van der Waals surface area contributed by atoms with Gasteiger partial charge in [-0.2, -0.15) is 5.10 Å². The summed E-state index contributed by atoms with van der Waals surface area (Å²) in [5.41, 5.74) is 2.52. The number of hydrogen-bond acceptors (Lipinski definition) is 3. The fourth-order valence-electron chi connectivity index (χ4n) is 2.61. The second-order valence-corrected chi connectivity index (χ2v) is 5.32. The standard InChI is InChI=1S/C14H26N4/c1-5-6-9-18(12-7-8-12)14-13(10-15-3)11(2)16-17(14)4/h12,15H,5-10H2,1-4H3. The lowest BCUT2D eigenvalue weighted by atomic mass is 10.2. The van der Waals surface area contributed by atoms with E-state index in [2.05, 4.69) is 40.9 Å². The van der Waals surface area contributed by atoms with Crippen LogP contribution in [-0.2, 0) is 13.6 Å². The third-order valence-corrected chi connectivity index (χ3v) is 3.68. The molecule has 0 saturated heterocycles. The van der Waals surface area contributed by atoms with Gasteiger partial charge in [-0.25, -0.2) is 0 Å². The molecule has 0 aliphatic heterocycles. The summed E-state index contributed by atoms with van der Waals surface area (Å²) in [6.45, 7) is 6.44. The Balaban J connectivity index is 2.27. The van der Waals surface area contributed by atoms with Crippen molar-refractivity contribution in [1.29, 1.82) is 0 Å². The van der Waals surface area contributed by atoms with E-state index in [-0.39, 0.29) is 0 Å². The molecule has 1 saturated carbocycles. The highest BCUT2D eigenvalue weighted by molar-refractivity contribution is 5.52. The summed E-state index contributed by atoms with van der Waals surface area (Å²) < 4.78 is 2.07. The van der Waals surface area contributed by atoms with Crippen molar-refractivity contribution in [3.05, 3.63) is 11.3 Å². The highest BCUT2D eigenvalue weighted by Gasteiger charge is 2.32. The van der Waals surface area contributed by atoms with Crippen LogP contribution in [0.25, 0.3) is 0 Å². The van der Waals surface area contributed by atoms with Crippen LogP contribution < -0.4 is 10.2 Å². The molecule has 0 atom stereocenters. The van der Waals surface area contributed by atoms with Crippen LogP contribution in [0.2, 0.25) is 0 Å². The summed E-state index contributed by atoms with van der Waals surface area (Å²) in [5, 5.41) is 7.87. The first-order valence-corrected chi connectivity index (χ1v) is 7.12. The number of hydrogen-bond donors (Lipinski definition) is 1. The van der Waals surface area contributed by atoms with Gasteiger partial charge in [-0.05, 0) is 33.2 Å². The topological polar surface area (TPSA) is 33.1 Å². The van der Waals surface area contributed by atoms with E-state index in [4.69, 9.17) is 0 Å². The normalized spacial score (nSPS) is 15.1. The number of rotatable bonds is 7. The van der Waals surface area contributed by atoms with Gasteiger partial charge in [0.2, 0.25) is 0 Å². The van der Waals surface area contributed by atoms with E-state index < -0.39 is 0 Å². The molecule has 0 spiro atoms. The van der Waals surface area contributed by atoms with Gasteiger partial charge in [-0.1, -0.05) is 13.3 Å². The van der Waals surface area contributed by atoms with Gasteiger partial charge in [0.05, 0.1) is 5.69 Å². The average Bonchev–Trinajstić information content (AvgIpc) is 3.12. The second-order valence-electron chi connectivity index (χ2n) is 5.32. The van der Waals surface area contributed by atoms with Gasteiger partial charge < -0.3 is 10.2 Å². The van der Waals surface area contributed by atoms with Gasteiger partial charge in [0.25, 0.3) is 0 Å². The maximum Gasteiger partial charge on any atom is 0.131 e. The predicted molar refractivity (Wildman–Crippen MR) is 76.0 cm³/mol. The van der Waals surface area contributed by atoms with Crippen LogP contribution in [0.5, 0.6) is 0 Å². The largest absolute Gasteiger partial charge is 0.354 e. The molecule has 102 valence electrons. The van der Waals surface area contributed by atoms with E-state index in [9.17, 15) is 0 Å². The van der Waals surface area contributed by atoms with E-state index in [0.29, 0.717) is 0 Å². The average molecular weight is 250 g/mol. The van der Waals surface area contributed by atoms with Crippen LogP contribution in [-0.4, -0.2) is 29.4 Å². The van der Waals surface area contributed by atoms with E-state index >= 15 is 0 Å². The number of anilines is 1. The Morgan fingerprint density at radius 1 is 1.44 bits per heavy atom. The molecular weight excluding hydrogens is 224 g/mol. The molecule has 1 fully saturated rings. The van der Waals surface area contributed by atoms with E-state index in [0.717, 1.165) is 24.8 Å². The Labute approximate surface area is 110 Å². The number of unbranched alkanes of at least 4 members (excludes halogenated alkanes) is 1. The molecule has 1 aromatic rings. The Kier molecular flexibility index (Phi) is 4.27. The fourth-order valence-corrected chi connectivity index (χ4v) is 2.61. The third-order valence-electron chi connectivity index (χ3n) is 3.68. The summed E-state index contributed by atoms with van der Waals surface area (Å²) in [7, 11) is 4.08. The zero-order valence-corrected chi connectivity index (χ0v) is 12.2. The summed E-state index contributed by atoms with van der Waals surface area (Å²) in [4.78, 5) is 2.58. The molecule has 1 aliphatic rings. The summed E-state index contributed by atoms with van der Waals surface area (Å²) in [6.07, 6.45) is 5.20. The molecule has 0 amide bonds. The molecule has 0 bridgehead atoms. The molecule has 4 nitrogen and oxygen atoms in total. The fraction of sp³-hybridized carbons (Fsp3) is 0.786. The van der Waals surface area contributed by atoms with Crippen molar-refractivity contribution < 1.29 is 0 Å². The molecule has 1 N–H and O–H groups in total. The van der Waals surface area contributed by atoms with Crippen molar-refractivity contribution in [3.63, 3.8) is 0 Å². The lowest BCUT2D eigenvalue weighted by Crippen LogP contribution is -2.30. The monoisotopic (exact) mass is 250 g/mol. The lowest BCUT2D eigenvalue weighted by molar-refractivity contribution is 0.658. The molecule has 1 aliphatic carbocycles. The first-order valence-electron chi connectivity index (χ1n) is 7.12. The van der Waals surface area contributed by atoms with Crippen LogP contribution in [0.4, 0.5) is 5.82 Å². The maximum atomic E-state index is 4.60. The van der Waals surface area contributed by atoms with E-state index in [1.165, 1.54) is 37.1 Å². The van der Waals surface area contributed by atoms with Gasteiger partial charge in [0.1, 0.15) is 5.82 Å². The smallest absolute Gasteiger partial charge is 0.131 e. The lowest BCUT2D eigenvalue weighted by Gasteiger charge is -2.26. The number of nitrogens with one attached hydrogen (secondary N) is 1. The van der Waals surface area contributed by atoms with Crippen molar-refractivity contribution >= 4 is 5.82 Å². The van der Waals surface area contributed by atoms with Crippen molar-refractivity contribution in [2.75, 3.05) is 18.5 Å². The molecule has 2 rings (SSSR count). The molecule has 18 heavy (non-hydrogen) atoms. The summed E-state index contributed by atoms with van der Waals surface area (Å²) in [5.74, 6) is 1.33. The van der Waals surface area contributed by atoms with Crippen molar-refractivity contribution in [2.45, 2.75) is 52.1 Å². The van der Waals surface area contributed by atoms with Crippen LogP contribution in [0.1, 0.15) is 43.9 Å². The van der Waals surface area contributed by atoms with Crippen molar-refractivity contribution in [1.82, 2.24) is 15.1 Å². The zero-order chi connectivity index (χ0) is 13.1. The molecule has 1 heterocycles. The Morgan fingerprint density at radius 2 is 2.17 bits per heavy atom. The summed E-state index contributed by atoms with van der Waals surface area (Å²) >= 11 is 0. The van der Waals surface area contributed by atoms with Gasteiger partial charge in [0.15, 0.2) is 0 Å². The maximum absolute atomic E-state index is 4.60. The van der Waals surface area contributed by atoms with Gasteiger partial charge in [0, 0.05) is 31.7 Å². The van der Waals surface area contributed by atoms with E-state index in [1.54, 1.807) is 0 Å². The number of aromatic nitrogens is 2. The van der Waals surface area contributed by atoms with Gasteiger partial charge in [-0.3, -0.25) is 4.68 Å². The predicted octanol–water partition coefficient (Wildman–Crippen LogP) is 2.22. The van der Waals surface area contributed by atoms with Crippen molar-refractivity contribution in [2.24, 2.45) is 7.05 Å². The van der Waals surface area contributed by atoms with Crippen LogP contribution in [0.15, 0.2) is 0 Å². The third kappa shape index (κ3) is 2.69. The van der Waals surface area contributed by atoms with Crippen LogP contribution >= 0.6 is 0 Å². The molecule has 0 radical (unpaired) electrons. The zero-order valence-electron chi connectivity index (χ0n) is 12.2. The Morgan fingerprint density at radius 3 is 2.72 bits per heavy atom. The molecule has 4 heteroatoms. The van der Waals surface area contributed by atoms with Gasteiger partial charge in [-0.15, -0.1) is 0 Å². The Bertz CT molecular complexity index is 393. The molecule has 0 unspecified atom stereocenters. The highest BCUT2D eigenvalue weighted by atomic mass is 15.4. The minimum atomic E-state index is 0.752. The van der Waals surface area contributed by atoms with Crippen LogP contribution in [0, 0.1) is 6.92 Å². The molecular formula is C14H26N4. The summed E-state index contributed by atoms with van der Waals surface area (Å²) in [6, 6.07) is 0.752. The Hall–Kier alpha value is -1.03. The number of nitrogens with zero attached hydrogens (tertiary/aromatic N) is 3. The first kappa shape index (κ1) is 13.4. The first-order chi connectivity index (χ1) is 8.69. The minimum absolute atomic E-state index is 0.752. The molecule has 1 aromatic heterocycles. The number of aryl methyl sites for hydroxylation is 2. The molecule has 0 aromatic carbocycles. The van der Waals surface area contributed by atoms with Crippen molar-refractivity contribution in [3.8, 4) is 0 Å². The van der Waals surface area contributed by atoms with Crippen LogP contribution in [0.3, 0.4) is 0 Å². The van der Waals surface area contributed by atoms with E-state index in [1.807, 2.05) is 7.05 Å². The minimum Gasteiger partial charge on any atom is -0.354 e. The highest BCUT2D eigenvalue weighted by Crippen LogP contribution is 2.34. The SMILES string of the molecule is CCCCN(c1c(CNC)c(C)nn1C)C1CC1.